The fourth-order valence-corrected chi connectivity index (χ4v) is 2.69. The summed E-state index contributed by atoms with van der Waals surface area (Å²) in [6.07, 6.45) is 2.27. The van der Waals surface area contributed by atoms with E-state index in [9.17, 15) is 10.1 Å². The van der Waals surface area contributed by atoms with Crippen LogP contribution in [-0.4, -0.2) is 23.0 Å². The molecule has 1 heterocycles. The molecule has 134 valence electrons. The minimum Gasteiger partial charge on any atom is -0.495 e. The van der Waals surface area contributed by atoms with E-state index in [-0.39, 0.29) is 5.91 Å². The summed E-state index contributed by atoms with van der Waals surface area (Å²) in [6, 6.07) is 16.9. The second kappa shape index (κ2) is 8.11. The molecule has 3 aromatic rings. The molecule has 0 saturated heterocycles. The average Bonchev–Trinajstić information content (AvgIpc) is 2.69. The molecule has 2 aromatic carbocycles. The monoisotopic (exact) mass is 358 g/mol. The standard InChI is InChI=1S/C21H18N4O2/c1-14(26)24-18-6-3-15(4-7-18)11-21-23-10-9-19(25-21)16-5-8-20(27-2)17(12-16)13-22/h3-10,12H,11H2,1-2H3,(H,24,26). The number of rotatable bonds is 5. The molecule has 3 rings (SSSR count). The van der Waals surface area contributed by atoms with Crippen LogP contribution in [0.3, 0.4) is 0 Å². The maximum absolute atomic E-state index is 11.1. The quantitative estimate of drug-likeness (QED) is 0.753. The maximum atomic E-state index is 11.1. The number of anilines is 1. The molecule has 0 unspecified atom stereocenters. The Morgan fingerprint density at radius 1 is 1.19 bits per heavy atom. The number of aromatic nitrogens is 2. The number of hydrogen-bond donors (Lipinski definition) is 1. The number of hydrogen-bond acceptors (Lipinski definition) is 5. The molecule has 0 bridgehead atoms. The molecular formula is C21H18N4O2. The van der Waals surface area contributed by atoms with Gasteiger partial charge in [0, 0.05) is 30.8 Å². The van der Waals surface area contributed by atoms with Gasteiger partial charge in [-0.25, -0.2) is 9.97 Å². The third kappa shape index (κ3) is 4.47. The normalized spacial score (nSPS) is 10.1. The van der Waals surface area contributed by atoms with Gasteiger partial charge < -0.3 is 10.1 Å². The molecule has 0 fully saturated rings. The Kier molecular flexibility index (Phi) is 5.43. The maximum Gasteiger partial charge on any atom is 0.221 e. The highest BCUT2D eigenvalue weighted by Gasteiger charge is 2.08. The first-order valence-corrected chi connectivity index (χ1v) is 8.36. The zero-order valence-electron chi connectivity index (χ0n) is 15.1. The first-order valence-electron chi connectivity index (χ1n) is 8.36. The van der Waals surface area contributed by atoms with Crippen LogP contribution in [0.25, 0.3) is 11.3 Å². The largest absolute Gasteiger partial charge is 0.495 e. The van der Waals surface area contributed by atoms with E-state index in [0.29, 0.717) is 23.6 Å². The Hall–Kier alpha value is -3.72. The van der Waals surface area contributed by atoms with Crippen LogP contribution in [0.1, 0.15) is 23.9 Å². The Morgan fingerprint density at radius 3 is 2.63 bits per heavy atom. The predicted molar refractivity (Wildman–Crippen MR) is 102 cm³/mol. The molecular weight excluding hydrogens is 340 g/mol. The minimum absolute atomic E-state index is 0.102. The molecule has 1 amide bonds. The van der Waals surface area contributed by atoms with Crippen LogP contribution in [0.15, 0.2) is 54.7 Å². The molecule has 0 saturated carbocycles. The molecule has 6 heteroatoms. The Labute approximate surface area is 157 Å². The van der Waals surface area contributed by atoms with Crippen molar-refractivity contribution < 1.29 is 9.53 Å². The summed E-state index contributed by atoms with van der Waals surface area (Å²) >= 11 is 0. The molecule has 1 aromatic heterocycles. The van der Waals surface area contributed by atoms with Crippen molar-refractivity contribution in [2.24, 2.45) is 0 Å². The second-order valence-corrected chi connectivity index (χ2v) is 5.94. The summed E-state index contributed by atoms with van der Waals surface area (Å²) in [5, 5.41) is 12.0. The number of amides is 1. The Morgan fingerprint density at radius 2 is 1.96 bits per heavy atom. The summed E-state index contributed by atoms with van der Waals surface area (Å²) in [4.78, 5) is 20.0. The lowest BCUT2D eigenvalue weighted by atomic mass is 10.1. The van der Waals surface area contributed by atoms with E-state index < -0.39 is 0 Å². The highest BCUT2D eigenvalue weighted by molar-refractivity contribution is 5.88. The number of nitriles is 1. The SMILES string of the molecule is COc1ccc(-c2ccnc(Cc3ccc(NC(C)=O)cc3)n2)cc1C#N. The van der Waals surface area contributed by atoms with Gasteiger partial charge >= 0.3 is 0 Å². The molecule has 6 nitrogen and oxygen atoms in total. The second-order valence-electron chi connectivity index (χ2n) is 5.94. The molecule has 0 atom stereocenters. The van der Waals surface area contributed by atoms with Gasteiger partial charge in [-0.15, -0.1) is 0 Å². The topological polar surface area (TPSA) is 87.9 Å². The number of benzene rings is 2. The van der Waals surface area contributed by atoms with Crippen molar-refractivity contribution in [1.29, 1.82) is 5.26 Å². The summed E-state index contributed by atoms with van der Waals surface area (Å²) < 4.78 is 5.18. The van der Waals surface area contributed by atoms with Crippen molar-refractivity contribution >= 4 is 11.6 Å². The van der Waals surface area contributed by atoms with Crippen LogP contribution in [0.5, 0.6) is 5.75 Å². The Bertz CT molecular complexity index is 1010. The lowest BCUT2D eigenvalue weighted by Gasteiger charge is -2.08. The third-order valence-corrected chi connectivity index (χ3v) is 3.96. The van der Waals surface area contributed by atoms with Gasteiger partial charge in [0.15, 0.2) is 0 Å². The molecule has 0 aliphatic rings. The number of nitrogens with one attached hydrogen (secondary N) is 1. The van der Waals surface area contributed by atoms with E-state index in [1.165, 1.54) is 14.0 Å². The van der Waals surface area contributed by atoms with Gasteiger partial charge in [0.1, 0.15) is 17.6 Å². The van der Waals surface area contributed by atoms with Gasteiger partial charge in [-0.3, -0.25) is 4.79 Å². The van der Waals surface area contributed by atoms with Crippen LogP contribution >= 0.6 is 0 Å². The lowest BCUT2D eigenvalue weighted by molar-refractivity contribution is -0.114. The van der Waals surface area contributed by atoms with E-state index >= 15 is 0 Å². The Balaban J connectivity index is 1.82. The first-order chi connectivity index (χ1) is 13.1. The highest BCUT2D eigenvalue weighted by atomic mass is 16.5. The van der Waals surface area contributed by atoms with E-state index in [2.05, 4.69) is 21.4 Å². The summed E-state index contributed by atoms with van der Waals surface area (Å²) in [7, 11) is 1.54. The first kappa shape index (κ1) is 18.1. The molecule has 0 aliphatic carbocycles. The summed E-state index contributed by atoms with van der Waals surface area (Å²) in [6.45, 7) is 1.48. The van der Waals surface area contributed by atoms with E-state index in [1.807, 2.05) is 36.4 Å². The molecule has 0 spiro atoms. The number of nitrogens with zero attached hydrogens (tertiary/aromatic N) is 3. The van der Waals surface area contributed by atoms with E-state index in [4.69, 9.17) is 4.74 Å². The van der Waals surface area contributed by atoms with Gasteiger partial charge in [-0.05, 0) is 42.0 Å². The van der Waals surface area contributed by atoms with Crippen molar-refractivity contribution in [1.82, 2.24) is 9.97 Å². The zero-order valence-corrected chi connectivity index (χ0v) is 15.1. The van der Waals surface area contributed by atoms with Crippen LogP contribution in [0.4, 0.5) is 5.69 Å². The summed E-state index contributed by atoms with van der Waals surface area (Å²) in [5.41, 5.74) is 3.83. The van der Waals surface area contributed by atoms with E-state index in [1.54, 1.807) is 18.3 Å². The van der Waals surface area contributed by atoms with Crippen LogP contribution in [0, 0.1) is 11.3 Å². The molecule has 1 N–H and O–H groups in total. The third-order valence-electron chi connectivity index (χ3n) is 3.96. The van der Waals surface area contributed by atoms with Gasteiger partial charge in [-0.1, -0.05) is 12.1 Å². The summed E-state index contributed by atoms with van der Waals surface area (Å²) in [5.74, 6) is 1.11. The number of methoxy groups -OCH3 is 1. The van der Waals surface area contributed by atoms with Gasteiger partial charge in [0.05, 0.1) is 18.4 Å². The van der Waals surface area contributed by atoms with Crippen molar-refractivity contribution in [3.63, 3.8) is 0 Å². The van der Waals surface area contributed by atoms with Crippen LogP contribution < -0.4 is 10.1 Å². The zero-order chi connectivity index (χ0) is 19.2. The number of carbonyl (C=O) groups is 1. The van der Waals surface area contributed by atoms with Crippen LogP contribution in [0.2, 0.25) is 0 Å². The smallest absolute Gasteiger partial charge is 0.221 e. The molecule has 0 aliphatic heterocycles. The minimum atomic E-state index is -0.102. The van der Waals surface area contributed by atoms with Crippen LogP contribution in [-0.2, 0) is 11.2 Å². The van der Waals surface area contributed by atoms with Gasteiger partial charge in [-0.2, -0.15) is 5.26 Å². The number of ether oxygens (including phenoxy) is 1. The van der Waals surface area contributed by atoms with Crippen molar-refractivity contribution in [3.05, 3.63) is 71.7 Å². The predicted octanol–water partition coefficient (Wildman–Crippen LogP) is 3.57. The average molecular weight is 358 g/mol. The molecule has 0 radical (unpaired) electrons. The molecule has 27 heavy (non-hydrogen) atoms. The lowest BCUT2D eigenvalue weighted by Crippen LogP contribution is -2.05. The highest BCUT2D eigenvalue weighted by Crippen LogP contribution is 2.25. The fraction of sp³-hybridized carbons (Fsp3) is 0.143. The van der Waals surface area contributed by atoms with Gasteiger partial charge in [0.25, 0.3) is 0 Å². The van der Waals surface area contributed by atoms with Crippen molar-refractivity contribution in [3.8, 4) is 23.1 Å². The van der Waals surface area contributed by atoms with E-state index in [0.717, 1.165) is 22.5 Å². The fourth-order valence-electron chi connectivity index (χ4n) is 2.69. The number of carbonyl (C=O) groups excluding carboxylic acids is 1. The van der Waals surface area contributed by atoms with Gasteiger partial charge in [0.2, 0.25) is 5.91 Å². The van der Waals surface area contributed by atoms with Crippen molar-refractivity contribution in [2.45, 2.75) is 13.3 Å². The van der Waals surface area contributed by atoms with Crippen molar-refractivity contribution in [2.75, 3.05) is 12.4 Å².